The van der Waals surface area contributed by atoms with Crippen molar-refractivity contribution in [3.05, 3.63) is 70.1 Å². The zero-order valence-electron chi connectivity index (χ0n) is 12.3. The molecule has 1 N–H and O–H groups in total. The number of hydrogen-bond donors (Lipinski definition) is 1. The van der Waals surface area contributed by atoms with Crippen LogP contribution in [0, 0.1) is 5.82 Å². The summed E-state index contributed by atoms with van der Waals surface area (Å²) in [5, 5.41) is 15.7. The molecule has 23 heavy (non-hydrogen) atoms. The summed E-state index contributed by atoms with van der Waals surface area (Å²) in [5.74, 6) is -0.145. The Kier molecular flexibility index (Phi) is 4.34. The second-order valence-corrected chi connectivity index (χ2v) is 5.59. The molecule has 0 saturated carbocycles. The molecule has 3 aromatic rings. The molecule has 0 saturated heterocycles. The highest BCUT2D eigenvalue weighted by molar-refractivity contribution is 7.07. The van der Waals surface area contributed by atoms with Crippen molar-refractivity contribution in [3.63, 3.8) is 0 Å². The molecule has 0 fully saturated rings. The molecule has 6 heteroatoms. The molecular weight excluding hydrogens is 313 g/mol. The molecule has 3 rings (SSSR count). The Morgan fingerprint density at radius 3 is 2.74 bits per heavy atom. The zero-order valence-corrected chi connectivity index (χ0v) is 13.2. The van der Waals surface area contributed by atoms with Crippen molar-refractivity contribution in [2.75, 3.05) is 7.05 Å². The van der Waals surface area contributed by atoms with Crippen molar-refractivity contribution in [1.82, 2.24) is 4.68 Å². The molecule has 0 atom stereocenters. The Hall–Kier alpha value is -2.73. The van der Waals surface area contributed by atoms with Gasteiger partial charge in [-0.25, -0.2) is 9.07 Å². The Morgan fingerprint density at radius 2 is 2.00 bits per heavy atom. The van der Waals surface area contributed by atoms with Gasteiger partial charge in [-0.15, -0.1) is 11.3 Å². The number of rotatable bonds is 3. The number of hydrogen-bond acceptors (Lipinski definition) is 4. The molecule has 0 amide bonds. The highest BCUT2D eigenvalue weighted by atomic mass is 32.1. The normalized spacial score (nSPS) is 12.2. The molecule has 4 nitrogen and oxygen atoms in total. The van der Waals surface area contributed by atoms with Gasteiger partial charge in [0.1, 0.15) is 11.6 Å². The van der Waals surface area contributed by atoms with E-state index in [1.54, 1.807) is 54.3 Å². The Bertz CT molecular complexity index is 927. The van der Waals surface area contributed by atoms with Crippen molar-refractivity contribution in [2.45, 2.75) is 0 Å². The van der Waals surface area contributed by atoms with Crippen LogP contribution < -0.4 is 4.80 Å². The van der Waals surface area contributed by atoms with Crippen LogP contribution in [-0.4, -0.2) is 23.0 Å². The number of phenols is 1. The first-order chi connectivity index (χ1) is 11.2. The molecule has 1 heterocycles. The fourth-order valence-electron chi connectivity index (χ4n) is 2.15. The number of benzene rings is 2. The minimum atomic E-state index is -0.311. The number of thiazole rings is 1. The van der Waals surface area contributed by atoms with Crippen LogP contribution in [0.5, 0.6) is 5.75 Å². The maximum atomic E-state index is 14.1. The number of halogens is 1. The van der Waals surface area contributed by atoms with Gasteiger partial charge in [0.05, 0.1) is 11.9 Å². The van der Waals surface area contributed by atoms with Crippen LogP contribution in [0.1, 0.15) is 5.56 Å². The summed E-state index contributed by atoms with van der Waals surface area (Å²) in [6, 6.07) is 13.3. The molecule has 0 bridgehead atoms. The van der Waals surface area contributed by atoms with E-state index in [2.05, 4.69) is 10.1 Å². The van der Waals surface area contributed by atoms with E-state index < -0.39 is 0 Å². The zero-order chi connectivity index (χ0) is 16.2. The molecule has 0 spiro atoms. The molecule has 0 unspecified atom stereocenters. The number of nitrogens with zero attached hydrogens (tertiary/aromatic N) is 3. The number of aromatic nitrogens is 1. The van der Waals surface area contributed by atoms with Crippen molar-refractivity contribution >= 4 is 17.6 Å². The monoisotopic (exact) mass is 327 g/mol. The predicted octanol–water partition coefficient (Wildman–Crippen LogP) is 3.47. The highest BCUT2D eigenvalue weighted by Crippen LogP contribution is 2.23. The van der Waals surface area contributed by atoms with Gasteiger partial charge in [-0.05, 0) is 29.8 Å². The van der Waals surface area contributed by atoms with Gasteiger partial charge >= 0.3 is 0 Å². The average molecular weight is 327 g/mol. The summed E-state index contributed by atoms with van der Waals surface area (Å²) in [6.07, 6.45) is 1.60. The highest BCUT2D eigenvalue weighted by Gasteiger charge is 2.10. The van der Waals surface area contributed by atoms with Gasteiger partial charge in [0, 0.05) is 18.0 Å². The van der Waals surface area contributed by atoms with E-state index >= 15 is 0 Å². The van der Waals surface area contributed by atoms with Crippen LogP contribution in [0.25, 0.3) is 11.3 Å². The van der Waals surface area contributed by atoms with Gasteiger partial charge in [0.15, 0.2) is 0 Å². The molecule has 0 radical (unpaired) electrons. The summed E-state index contributed by atoms with van der Waals surface area (Å²) in [7, 11) is 1.66. The summed E-state index contributed by atoms with van der Waals surface area (Å²) in [5.41, 5.74) is 1.84. The van der Waals surface area contributed by atoms with E-state index in [-0.39, 0.29) is 11.6 Å². The van der Waals surface area contributed by atoms with Gasteiger partial charge in [-0.3, -0.25) is 4.99 Å². The van der Waals surface area contributed by atoms with E-state index in [0.717, 1.165) is 5.56 Å². The second kappa shape index (κ2) is 6.58. The maximum absolute atomic E-state index is 14.1. The first kappa shape index (κ1) is 15.2. The summed E-state index contributed by atoms with van der Waals surface area (Å²) < 4.78 is 15.7. The van der Waals surface area contributed by atoms with E-state index in [1.165, 1.54) is 17.4 Å². The second-order valence-electron chi connectivity index (χ2n) is 4.76. The molecule has 2 aromatic carbocycles. The number of phenolic OH excluding ortho intramolecular Hbond substituents is 1. The average Bonchev–Trinajstić information content (AvgIpc) is 2.96. The molecule has 0 aliphatic rings. The van der Waals surface area contributed by atoms with Crippen molar-refractivity contribution < 1.29 is 9.50 Å². The fourth-order valence-corrected chi connectivity index (χ4v) is 2.94. The molecule has 1 aromatic heterocycles. The minimum Gasteiger partial charge on any atom is -0.508 e. The Labute approximate surface area is 136 Å². The van der Waals surface area contributed by atoms with Gasteiger partial charge in [-0.1, -0.05) is 24.3 Å². The Balaban J connectivity index is 2.09. The van der Waals surface area contributed by atoms with E-state index in [9.17, 15) is 9.50 Å². The van der Waals surface area contributed by atoms with Crippen LogP contribution in [0.3, 0.4) is 0 Å². The third-order valence-corrected chi connectivity index (χ3v) is 4.13. The van der Waals surface area contributed by atoms with E-state index in [0.29, 0.717) is 16.1 Å². The van der Waals surface area contributed by atoms with Gasteiger partial charge < -0.3 is 5.11 Å². The quantitative estimate of drug-likeness (QED) is 0.736. The van der Waals surface area contributed by atoms with Gasteiger partial charge in [0.25, 0.3) is 0 Å². The van der Waals surface area contributed by atoms with Crippen LogP contribution >= 0.6 is 11.3 Å². The third-order valence-electron chi connectivity index (χ3n) is 3.22. The lowest BCUT2D eigenvalue weighted by Crippen LogP contribution is -2.11. The lowest BCUT2D eigenvalue weighted by atomic mass is 10.1. The first-order valence-corrected chi connectivity index (χ1v) is 7.78. The lowest BCUT2D eigenvalue weighted by molar-refractivity contribution is 0.475. The number of aromatic hydroxyl groups is 1. The van der Waals surface area contributed by atoms with Gasteiger partial charge in [0.2, 0.25) is 4.80 Å². The van der Waals surface area contributed by atoms with Crippen LogP contribution in [0.4, 0.5) is 4.39 Å². The maximum Gasteiger partial charge on any atom is 0.205 e. The van der Waals surface area contributed by atoms with Crippen molar-refractivity contribution in [1.29, 1.82) is 0 Å². The summed E-state index contributed by atoms with van der Waals surface area (Å²) >= 11 is 1.38. The Morgan fingerprint density at radius 1 is 1.17 bits per heavy atom. The van der Waals surface area contributed by atoms with Gasteiger partial charge in [-0.2, -0.15) is 5.10 Å². The predicted molar refractivity (Wildman–Crippen MR) is 90.3 cm³/mol. The molecule has 0 aliphatic carbocycles. The minimum absolute atomic E-state index is 0.166. The first-order valence-electron chi connectivity index (χ1n) is 6.90. The lowest BCUT2D eigenvalue weighted by Gasteiger charge is -2.04. The van der Waals surface area contributed by atoms with E-state index in [4.69, 9.17) is 0 Å². The summed E-state index contributed by atoms with van der Waals surface area (Å²) in [4.78, 5) is 4.82. The topological polar surface area (TPSA) is 49.9 Å². The van der Waals surface area contributed by atoms with Crippen LogP contribution in [0.2, 0.25) is 0 Å². The molecular formula is C17H14FN3OS. The smallest absolute Gasteiger partial charge is 0.205 e. The summed E-state index contributed by atoms with van der Waals surface area (Å²) in [6.45, 7) is 0. The molecule has 0 aliphatic heterocycles. The SMILES string of the molecule is CN=c1scc(-c2ccccc2F)n1N=Cc1cccc(O)c1. The largest absolute Gasteiger partial charge is 0.508 e. The molecule has 116 valence electrons. The van der Waals surface area contributed by atoms with Crippen LogP contribution in [0.15, 0.2) is 64.0 Å². The van der Waals surface area contributed by atoms with E-state index in [1.807, 2.05) is 11.4 Å². The standard InChI is InChI=1S/C17H14FN3OS/c1-19-17-21(20-10-12-5-4-6-13(22)9-12)16(11-23-17)14-7-2-3-8-15(14)18/h2-11,22H,1H3. The van der Waals surface area contributed by atoms with Crippen LogP contribution in [-0.2, 0) is 0 Å². The van der Waals surface area contributed by atoms with Crippen molar-refractivity contribution in [3.8, 4) is 17.0 Å². The van der Waals surface area contributed by atoms with Crippen molar-refractivity contribution in [2.24, 2.45) is 10.1 Å². The third kappa shape index (κ3) is 3.22. The fraction of sp³-hybridized carbons (Fsp3) is 0.0588.